The first kappa shape index (κ1) is 14.8. The predicted molar refractivity (Wildman–Crippen MR) is 82.6 cm³/mol. The number of carbonyl (C=O) groups is 2. The number of nitrogens with zero attached hydrogens (tertiary/aromatic N) is 2. The molecule has 7 nitrogen and oxygen atoms in total. The highest BCUT2D eigenvalue weighted by Gasteiger charge is 2.35. The largest absolute Gasteiger partial charge is 0.372 e. The molecule has 3 rings (SSSR count). The Hall–Kier alpha value is -2.15. The van der Waals surface area contributed by atoms with Gasteiger partial charge in [-0.3, -0.25) is 9.59 Å². The molecule has 0 unspecified atom stereocenters. The third-order valence-corrected chi connectivity index (χ3v) is 4.01. The van der Waals surface area contributed by atoms with Crippen molar-refractivity contribution < 1.29 is 9.59 Å². The highest BCUT2D eigenvalue weighted by atomic mass is 16.2. The number of rotatable bonds is 4. The number of hydrogen-bond donors (Lipinski definition) is 3. The molecule has 1 aliphatic carbocycles. The van der Waals surface area contributed by atoms with Gasteiger partial charge in [-0.05, 0) is 25.0 Å². The van der Waals surface area contributed by atoms with Gasteiger partial charge in [0, 0.05) is 38.9 Å². The summed E-state index contributed by atoms with van der Waals surface area (Å²) in [5.74, 6) is 0.306. The van der Waals surface area contributed by atoms with E-state index in [1.165, 1.54) is 0 Å². The van der Waals surface area contributed by atoms with Crippen LogP contribution in [0.2, 0.25) is 0 Å². The van der Waals surface area contributed by atoms with Crippen molar-refractivity contribution in [1.82, 2.24) is 20.5 Å². The van der Waals surface area contributed by atoms with Crippen LogP contribution in [0, 0.1) is 0 Å². The summed E-state index contributed by atoms with van der Waals surface area (Å²) < 4.78 is 0. The molecule has 2 heterocycles. The summed E-state index contributed by atoms with van der Waals surface area (Å²) in [5.41, 5.74) is 0.496. The van der Waals surface area contributed by atoms with Crippen LogP contribution in [0.5, 0.6) is 0 Å². The first-order valence-electron chi connectivity index (χ1n) is 7.65. The number of carbonyl (C=O) groups excluding carboxylic acids is 2. The monoisotopic (exact) mass is 303 g/mol. The van der Waals surface area contributed by atoms with E-state index in [0.717, 1.165) is 12.8 Å². The number of anilines is 1. The molecule has 22 heavy (non-hydrogen) atoms. The molecule has 1 aromatic heterocycles. The first-order chi connectivity index (χ1) is 10.7. The zero-order valence-corrected chi connectivity index (χ0v) is 12.6. The van der Waals surface area contributed by atoms with Gasteiger partial charge in [-0.1, -0.05) is 0 Å². The van der Waals surface area contributed by atoms with Crippen LogP contribution in [0.1, 0.15) is 23.2 Å². The maximum Gasteiger partial charge on any atom is 0.258 e. The molecule has 0 aromatic carbocycles. The molecule has 3 N–H and O–H groups in total. The van der Waals surface area contributed by atoms with Gasteiger partial charge in [-0.15, -0.1) is 0 Å². The Balaban J connectivity index is 1.79. The summed E-state index contributed by atoms with van der Waals surface area (Å²) in [6.07, 6.45) is 3.70. The van der Waals surface area contributed by atoms with Gasteiger partial charge in [0.05, 0.1) is 5.56 Å². The lowest BCUT2D eigenvalue weighted by molar-refractivity contribution is -0.126. The van der Waals surface area contributed by atoms with Gasteiger partial charge in [0.25, 0.3) is 5.91 Å². The Kier molecular flexibility index (Phi) is 4.24. The molecule has 0 spiro atoms. The second-order valence-electron chi connectivity index (χ2n) is 5.65. The number of nitrogens with one attached hydrogen (secondary N) is 3. The van der Waals surface area contributed by atoms with Crippen LogP contribution in [-0.4, -0.2) is 60.5 Å². The molecule has 1 atom stereocenters. The van der Waals surface area contributed by atoms with Crippen LogP contribution < -0.4 is 16.0 Å². The maximum absolute atomic E-state index is 12.8. The van der Waals surface area contributed by atoms with Crippen LogP contribution in [0.25, 0.3) is 0 Å². The first-order valence-corrected chi connectivity index (χ1v) is 7.65. The Labute approximate surface area is 129 Å². The molecule has 1 aromatic rings. The van der Waals surface area contributed by atoms with Crippen molar-refractivity contribution in [2.24, 2.45) is 0 Å². The number of piperazine rings is 1. The van der Waals surface area contributed by atoms with Gasteiger partial charge in [0.15, 0.2) is 0 Å². The number of pyridine rings is 1. The predicted octanol–water partition coefficient (Wildman–Crippen LogP) is -0.184. The Morgan fingerprint density at radius 2 is 2.23 bits per heavy atom. The number of hydrogen-bond acceptors (Lipinski definition) is 5. The molecular formula is C15H21N5O2. The van der Waals surface area contributed by atoms with Gasteiger partial charge < -0.3 is 20.9 Å². The fourth-order valence-electron chi connectivity index (χ4n) is 2.64. The zero-order chi connectivity index (χ0) is 15.5. The molecule has 118 valence electrons. The van der Waals surface area contributed by atoms with Crippen LogP contribution >= 0.6 is 0 Å². The van der Waals surface area contributed by atoms with E-state index in [2.05, 4.69) is 20.9 Å². The van der Waals surface area contributed by atoms with Crippen LogP contribution in [0.3, 0.4) is 0 Å². The third kappa shape index (κ3) is 3.04. The lowest BCUT2D eigenvalue weighted by Crippen LogP contribution is -2.59. The van der Waals surface area contributed by atoms with E-state index in [-0.39, 0.29) is 17.9 Å². The molecule has 1 saturated heterocycles. The van der Waals surface area contributed by atoms with Crippen LogP contribution in [0.15, 0.2) is 18.3 Å². The van der Waals surface area contributed by atoms with Crippen molar-refractivity contribution >= 4 is 17.6 Å². The van der Waals surface area contributed by atoms with Gasteiger partial charge >= 0.3 is 0 Å². The standard InChI is InChI=1S/C15H21N5O2/c1-16-13-11(3-2-6-18-13)15(22)20-8-7-17-9-12(20)14(21)19-10-4-5-10/h2-3,6,10,12,17H,4-5,7-9H2,1H3,(H,16,18)(H,19,21)/t12-/m0/s1. The molecule has 2 fully saturated rings. The maximum atomic E-state index is 12.8. The van der Waals surface area contributed by atoms with E-state index in [1.54, 1.807) is 30.3 Å². The summed E-state index contributed by atoms with van der Waals surface area (Å²) in [4.78, 5) is 31.0. The number of aromatic nitrogens is 1. The molecule has 2 amide bonds. The van der Waals surface area contributed by atoms with Crippen molar-refractivity contribution in [3.63, 3.8) is 0 Å². The minimum absolute atomic E-state index is 0.0713. The second kappa shape index (κ2) is 6.31. The topological polar surface area (TPSA) is 86.4 Å². The van der Waals surface area contributed by atoms with E-state index >= 15 is 0 Å². The summed E-state index contributed by atoms with van der Waals surface area (Å²) in [6.45, 7) is 1.69. The quantitative estimate of drug-likeness (QED) is 0.718. The summed E-state index contributed by atoms with van der Waals surface area (Å²) in [6, 6.07) is 3.29. The van der Waals surface area contributed by atoms with E-state index in [4.69, 9.17) is 0 Å². The average Bonchev–Trinajstić information content (AvgIpc) is 3.38. The van der Waals surface area contributed by atoms with Crippen LogP contribution in [0.4, 0.5) is 5.82 Å². The van der Waals surface area contributed by atoms with Gasteiger partial charge in [-0.25, -0.2) is 4.98 Å². The molecular weight excluding hydrogens is 282 g/mol. The van der Waals surface area contributed by atoms with Crippen molar-refractivity contribution in [3.8, 4) is 0 Å². The lowest BCUT2D eigenvalue weighted by atomic mass is 10.1. The van der Waals surface area contributed by atoms with Crippen molar-refractivity contribution in [3.05, 3.63) is 23.9 Å². The van der Waals surface area contributed by atoms with Crippen LogP contribution in [-0.2, 0) is 4.79 Å². The minimum Gasteiger partial charge on any atom is -0.372 e. The molecule has 0 radical (unpaired) electrons. The van der Waals surface area contributed by atoms with E-state index in [1.807, 2.05) is 0 Å². The van der Waals surface area contributed by atoms with Crippen molar-refractivity contribution in [1.29, 1.82) is 0 Å². The highest BCUT2D eigenvalue weighted by molar-refractivity contribution is 6.01. The summed E-state index contributed by atoms with van der Waals surface area (Å²) in [5, 5.41) is 9.10. The SMILES string of the molecule is CNc1ncccc1C(=O)N1CCNC[C@H]1C(=O)NC1CC1. The van der Waals surface area contributed by atoms with E-state index in [0.29, 0.717) is 31.0 Å². The molecule has 1 aliphatic heterocycles. The lowest BCUT2D eigenvalue weighted by Gasteiger charge is -2.35. The fraction of sp³-hybridized carbons (Fsp3) is 0.533. The summed E-state index contributed by atoms with van der Waals surface area (Å²) in [7, 11) is 1.73. The van der Waals surface area contributed by atoms with Crippen molar-refractivity contribution in [2.45, 2.75) is 24.9 Å². The Morgan fingerprint density at radius 1 is 1.41 bits per heavy atom. The highest BCUT2D eigenvalue weighted by Crippen LogP contribution is 2.20. The van der Waals surface area contributed by atoms with Gasteiger partial charge in [0.1, 0.15) is 11.9 Å². The van der Waals surface area contributed by atoms with E-state index < -0.39 is 6.04 Å². The van der Waals surface area contributed by atoms with Crippen molar-refractivity contribution in [2.75, 3.05) is 32.0 Å². The Bertz CT molecular complexity index is 573. The second-order valence-corrected chi connectivity index (χ2v) is 5.65. The minimum atomic E-state index is -0.466. The number of amides is 2. The van der Waals surface area contributed by atoms with Gasteiger partial charge in [-0.2, -0.15) is 0 Å². The zero-order valence-electron chi connectivity index (χ0n) is 12.6. The fourth-order valence-corrected chi connectivity index (χ4v) is 2.64. The Morgan fingerprint density at radius 3 is 2.95 bits per heavy atom. The molecule has 7 heteroatoms. The normalized spacial score (nSPS) is 21.3. The molecule has 0 bridgehead atoms. The van der Waals surface area contributed by atoms with Gasteiger partial charge in [0.2, 0.25) is 5.91 Å². The smallest absolute Gasteiger partial charge is 0.258 e. The average molecular weight is 303 g/mol. The molecule has 1 saturated carbocycles. The van der Waals surface area contributed by atoms with E-state index in [9.17, 15) is 9.59 Å². The summed E-state index contributed by atoms with van der Waals surface area (Å²) >= 11 is 0. The molecule has 2 aliphatic rings. The third-order valence-electron chi connectivity index (χ3n) is 4.01.